The van der Waals surface area contributed by atoms with Gasteiger partial charge in [0.2, 0.25) is 0 Å². The van der Waals surface area contributed by atoms with Crippen molar-refractivity contribution >= 4 is 13.8 Å². The molecule has 12 nitrogen and oxygen atoms in total. The van der Waals surface area contributed by atoms with Gasteiger partial charge in [-0.15, -0.1) is 0 Å². The molecule has 0 saturated heterocycles. The summed E-state index contributed by atoms with van der Waals surface area (Å²) in [4.78, 5) is 23.3. The normalized spacial score (nSPS) is 21.5. The van der Waals surface area contributed by atoms with Gasteiger partial charge in [0.15, 0.2) is 0 Å². The fourth-order valence-electron chi connectivity index (χ4n) is 8.51. The number of phosphoric acid groups is 1. The monoisotopic (exact) mass is 961 g/mol. The van der Waals surface area contributed by atoms with Crippen molar-refractivity contribution in [3.05, 3.63) is 24.3 Å². The Balaban J connectivity index is 2.31. The van der Waals surface area contributed by atoms with Crippen molar-refractivity contribution in [1.29, 1.82) is 0 Å². The molecular formula is C53H101O12P. The molecule has 0 aromatic heterocycles. The third-order valence-electron chi connectivity index (χ3n) is 12.8. The van der Waals surface area contributed by atoms with Crippen LogP contribution in [-0.2, 0) is 27.9 Å². The number of allylic oxidation sites excluding steroid dienone is 4. The Morgan fingerprint density at radius 3 is 1.29 bits per heavy atom. The first-order valence-corrected chi connectivity index (χ1v) is 28.7. The van der Waals surface area contributed by atoms with E-state index < -0.39 is 63.1 Å². The molecular weight excluding hydrogens is 860 g/mol. The zero-order valence-electron chi connectivity index (χ0n) is 42.0. The van der Waals surface area contributed by atoms with Crippen LogP contribution >= 0.6 is 7.82 Å². The highest BCUT2D eigenvalue weighted by molar-refractivity contribution is 7.47. The van der Waals surface area contributed by atoms with E-state index in [0.29, 0.717) is 13.0 Å². The first kappa shape index (κ1) is 62.8. The fraction of sp³-hybridized carbons (Fsp3) is 0.906. The SMILES string of the molecule is CCCCCC/C=C\C/C=C\CCCCCCCCCC(=O)OC(COCCCCCCCCCCCCCCCCCCCCCCC)COP(=O)(O)OC1C(O)C(O)C(O)C(O)C1O. The maximum atomic E-state index is 12.9. The molecule has 0 heterocycles. The maximum Gasteiger partial charge on any atom is 0.472 e. The number of hydrogen-bond acceptors (Lipinski definition) is 11. The Morgan fingerprint density at radius 1 is 0.485 bits per heavy atom. The molecule has 6 N–H and O–H groups in total. The minimum atomic E-state index is -5.02. The lowest BCUT2D eigenvalue weighted by Gasteiger charge is -2.41. The average Bonchev–Trinajstić information content (AvgIpc) is 3.30. The Kier molecular flexibility index (Phi) is 41.7. The van der Waals surface area contributed by atoms with Gasteiger partial charge in [-0.25, -0.2) is 4.57 Å². The molecule has 1 fully saturated rings. The van der Waals surface area contributed by atoms with Crippen LogP contribution in [0.5, 0.6) is 0 Å². The van der Waals surface area contributed by atoms with Gasteiger partial charge in [-0.1, -0.05) is 218 Å². The highest BCUT2D eigenvalue weighted by Gasteiger charge is 2.51. The number of ether oxygens (including phenoxy) is 2. The lowest BCUT2D eigenvalue weighted by molar-refractivity contribution is -0.220. The summed E-state index contributed by atoms with van der Waals surface area (Å²) in [5.41, 5.74) is 0. The zero-order chi connectivity index (χ0) is 48.4. The summed E-state index contributed by atoms with van der Waals surface area (Å²) in [5.74, 6) is -0.480. The summed E-state index contributed by atoms with van der Waals surface area (Å²) in [5, 5.41) is 50.3. The summed E-state index contributed by atoms with van der Waals surface area (Å²) >= 11 is 0. The second-order valence-corrected chi connectivity index (χ2v) is 20.5. The standard InChI is InChI=1S/C53H101O12P/c1-3-5-7-9-11-13-15-17-19-21-23-24-25-27-29-31-33-35-37-39-41-43-62-44-46(45-63-66(60,61)65-53-51(58)49(56)48(55)50(57)52(53)59)64-47(54)42-40-38-36-34-32-30-28-26-22-20-18-16-14-12-10-8-6-4-2/h14,16,20,22,46,48-53,55-59H,3-13,15,17-19,21,23-45H2,1-2H3,(H,60,61)/b16-14-,22-20-. The second-order valence-electron chi connectivity index (χ2n) is 19.1. The molecule has 0 bridgehead atoms. The van der Waals surface area contributed by atoms with E-state index in [1.165, 1.54) is 161 Å². The molecule has 0 spiro atoms. The molecule has 66 heavy (non-hydrogen) atoms. The van der Waals surface area contributed by atoms with Crippen molar-refractivity contribution in [3.8, 4) is 0 Å². The molecule has 0 radical (unpaired) electrons. The molecule has 1 saturated carbocycles. The van der Waals surface area contributed by atoms with Gasteiger partial charge in [0, 0.05) is 13.0 Å². The van der Waals surface area contributed by atoms with E-state index in [9.17, 15) is 39.8 Å². The largest absolute Gasteiger partial charge is 0.472 e. The molecule has 0 aromatic rings. The van der Waals surface area contributed by atoms with Gasteiger partial charge in [0.05, 0.1) is 13.2 Å². The maximum absolute atomic E-state index is 12.9. The van der Waals surface area contributed by atoms with Crippen molar-refractivity contribution in [3.63, 3.8) is 0 Å². The predicted octanol–water partition coefficient (Wildman–Crippen LogP) is 12.4. The lowest BCUT2D eigenvalue weighted by atomic mass is 9.85. The van der Waals surface area contributed by atoms with Crippen LogP contribution in [0.3, 0.4) is 0 Å². The summed E-state index contributed by atoms with van der Waals surface area (Å²) in [6, 6.07) is 0. The van der Waals surface area contributed by atoms with E-state index in [2.05, 4.69) is 38.2 Å². The quantitative estimate of drug-likeness (QED) is 0.0147. The van der Waals surface area contributed by atoms with E-state index in [1.807, 2.05) is 0 Å². The lowest BCUT2D eigenvalue weighted by Crippen LogP contribution is -2.64. The molecule has 13 heteroatoms. The third kappa shape index (κ3) is 35.0. The number of rotatable bonds is 47. The highest BCUT2D eigenvalue weighted by atomic mass is 31.2. The van der Waals surface area contributed by atoms with Gasteiger partial charge in [-0.3, -0.25) is 13.8 Å². The minimum absolute atomic E-state index is 0.0752. The number of aliphatic hydroxyl groups excluding tert-OH is 5. The Bertz CT molecular complexity index is 1190. The van der Waals surface area contributed by atoms with Crippen molar-refractivity contribution in [2.45, 2.75) is 288 Å². The summed E-state index contributed by atoms with van der Waals surface area (Å²) in [6.45, 7) is 4.28. The van der Waals surface area contributed by atoms with Crippen LogP contribution in [0, 0.1) is 0 Å². The average molecular weight is 961 g/mol. The molecule has 6 unspecified atom stereocenters. The zero-order valence-corrected chi connectivity index (χ0v) is 42.9. The number of unbranched alkanes of at least 4 members (excludes halogenated alkanes) is 31. The molecule has 1 rings (SSSR count). The Hall–Kier alpha value is -1.18. The smallest absolute Gasteiger partial charge is 0.457 e. The van der Waals surface area contributed by atoms with Crippen LogP contribution in [0.1, 0.15) is 245 Å². The second kappa shape index (κ2) is 43.8. The Labute approximate surface area is 402 Å². The van der Waals surface area contributed by atoms with Crippen molar-refractivity contribution in [2.75, 3.05) is 19.8 Å². The van der Waals surface area contributed by atoms with Crippen molar-refractivity contribution in [2.24, 2.45) is 0 Å². The Morgan fingerprint density at radius 2 is 0.848 bits per heavy atom. The first-order chi connectivity index (χ1) is 32.0. The van der Waals surface area contributed by atoms with Crippen molar-refractivity contribution in [1.82, 2.24) is 0 Å². The van der Waals surface area contributed by atoms with Gasteiger partial charge in [-0.2, -0.15) is 0 Å². The number of esters is 1. The molecule has 390 valence electrons. The van der Waals surface area contributed by atoms with Gasteiger partial charge in [-0.05, 0) is 44.9 Å². The number of aliphatic hydroxyl groups is 5. The van der Waals surface area contributed by atoms with Crippen LogP contribution in [0.2, 0.25) is 0 Å². The third-order valence-corrected chi connectivity index (χ3v) is 13.8. The number of phosphoric ester groups is 1. The van der Waals surface area contributed by atoms with Crippen LogP contribution in [0.4, 0.5) is 0 Å². The van der Waals surface area contributed by atoms with Gasteiger partial charge in [0.1, 0.15) is 42.7 Å². The molecule has 1 aliphatic rings. The van der Waals surface area contributed by atoms with Crippen LogP contribution in [0.15, 0.2) is 24.3 Å². The number of carbonyl (C=O) groups is 1. The fourth-order valence-corrected chi connectivity index (χ4v) is 9.48. The molecule has 0 aliphatic heterocycles. The van der Waals surface area contributed by atoms with Gasteiger partial charge >= 0.3 is 13.8 Å². The number of carbonyl (C=O) groups excluding carboxylic acids is 1. The minimum Gasteiger partial charge on any atom is -0.457 e. The predicted molar refractivity (Wildman–Crippen MR) is 267 cm³/mol. The van der Waals surface area contributed by atoms with E-state index >= 15 is 0 Å². The van der Waals surface area contributed by atoms with E-state index in [0.717, 1.165) is 57.8 Å². The summed E-state index contributed by atoms with van der Waals surface area (Å²) < 4.78 is 34.3. The van der Waals surface area contributed by atoms with Crippen LogP contribution in [0.25, 0.3) is 0 Å². The van der Waals surface area contributed by atoms with E-state index in [4.69, 9.17) is 18.5 Å². The van der Waals surface area contributed by atoms with E-state index in [-0.39, 0.29) is 13.0 Å². The molecule has 0 amide bonds. The first-order valence-electron chi connectivity index (χ1n) is 27.2. The van der Waals surface area contributed by atoms with Gasteiger partial charge in [0.25, 0.3) is 0 Å². The summed E-state index contributed by atoms with van der Waals surface area (Å²) in [7, 11) is -5.02. The van der Waals surface area contributed by atoms with Gasteiger partial charge < -0.3 is 39.9 Å². The topological polar surface area (TPSA) is 192 Å². The van der Waals surface area contributed by atoms with Crippen molar-refractivity contribution < 1.29 is 58.3 Å². The number of hydrogen-bond donors (Lipinski definition) is 6. The van der Waals surface area contributed by atoms with Crippen LogP contribution < -0.4 is 0 Å². The molecule has 1 aliphatic carbocycles. The highest BCUT2D eigenvalue weighted by Crippen LogP contribution is 2.47. The molecule has 0 aromatic carbocycles. The summed E-state index contributed by atoms with van der Waals surface area (Å²) in [6.07, 6.45) is 39.6. The van der Waals surface area contributed by atoms with Crippen LogP contribution in [-0.4, -0.2) is 98.9 Å². The van der Waals surface area contributed by atoms with E-state index in [1.54, 1.807) is 0 Å². The molecule has 6 atom stereocenters.